The van der Waals surface area contributed by atoms with Gasteiger partial charge in [-0.1, -0.05) is 72.8 Å². The minimum Gasteiger partial charge on any atom is -0.497 e. The molecular weight excluding hydrogens is 424 g/mol. The number of allylic oxidation sites excluding steroid dienone is 1. The molecular formula is C30H34O4. The zero-order valence-electron chi connectivity index (χ0n) is 20.1. The fourth-order valence-electron chi connectivity index (χ4n) is 4.72. The van der Waals surface area contributed by atoms with Gasteiger partial charge < -0.3 is 19.3 Å². The number of methoxy groups -OCH3 is 1. The van der Waals surface area contributed by atoms with Crippen molar-refractivity contribution in [1.82, 2.24) is 0 Å². The molecule has 1 fully saturated rings. The first-order valence-electron chi connectivity index (χ1n) is 11.8. The molecule has 3 aromatic carbocycles. The average Bonchev–Trinajstić information content (AvgIpc) is 3.21. The fraction of sp³-hybridized carbons (Fsp3) is 0.333. The Morgan fingerprint density at radius 2 is 1.35 bits per heavy atom. The molecule has 0 amide bonds. The van der Waals surface area contributed by atoms with Crippen LogP contribution >= 0.6 is 0 Å². The first-order chi connectivity index (χ1) is 16.6. The standard InChI is InChI=1S/C30H34O4/c1-23(26-13-15-27(32-2)16-14-26)28-17-30(18-29(28)31,21-33-19-24-9-5-3-6-10-24)22-34-20-25-11-7-4-8-12-25/h3-16,29,31H,17-22H2,1-2H3/b28-23-/t29-/m0/s1. The molecule has 1 aliphatic rings. The molecule has 0 radical (unpaired) electrons. The van der Waals surface area contributed by atoms with Crippen molar-refractivity contribution in [2.24, 2.45) is 5.41 Å². The lowest BCUT2D eigenvalue weighted by atomic mass is 9.87. The molecule has 3 aromatic rings. The van der Waals surface area contributed by atoms with Gasteiger partial charge >= 0.3 is 0 Å². The van der Waals surface area contributed by atoms with Crippen molar-refractivity contribution >= 4 is 5.57 Å². The molecule has 1 atom stereocenters. The summed E-state index contributed by atoms with van der Waals surface area (Å²) < 4.78 is 17.7. The number of aliphatic hydroxyl groups is 1. The van der Waals surface area contributed by atoms with Crippen molar-refractivity contribution in [2.75, 3.05) is 20.3 Å². The van der Waals surface area contributed by atoms with Crippen molar-refractivity contribution in [1.29, 1.82) is 0 Å². The molecule has 0 unspecified atom stereocenters. The van der Waals surface area contributed by atoms with Crippen LogP contribution in [-0.4, -0.2) is 31.5 Å². The largest absolute Gasteiger partial charge is 0.497 e. The summed E-state index contributed by atoms with van der Waals surface area (Å²) in [4.78, 5) is 0. The zero-order chi connectivity index (χ0) is 23.8. The van der Waals surface area contributed by atoms with E-state index in [1.165, 1.54) is 0 Å². The highest BCUT2D eigenvalue weighted by molar-refractivity contribution is 5.69. The Morgan fingerprint density at radius 3 is 1.85 bits per heavy atom. The molecule has 4 nitrogen and oxygen atoms in total. The third-order valence-corrected chi connectivity index (χ3v) is 6.64. The molecule has 0 bridgehead atoms. The Balaban J connectivity index is 1.50. The van der Waals surface area contributed by atoms with Gasteiger partial charge in [0.15, 0.2) is 0 Å². The predicted octanol–water partition coefficient (Wildman–Crippen LogP) is 6.04. The van der Waals surface area contributed by atoms with Crippen LogP contribution in [0.25, 0.3) is 5.57 Å². The average molecular weight is 459 g/mol. The second-order valence-electron chi connectivity index (χ2n) is 9.23. The van der Waals surface area contributed by atoms with Gasteiger partial charge in [0.25, 0.3) is 0 Å². The van der Waals surface area contributed by atoms with E-state index in [0.717, 1.165) is 40.0 Å². The van der Waals surface area contributed by atoms with Crippen molar-refractivity contribution in [3.63, 3.8) is 0 Å². The predicted molar refractivity (Wildman–Crippen MR) is 135 cm³/mol. The van der Waals surface area contributed by atoms with E-state index in [0.29, 0.717) is 32.8 Å². The highest BCUT2D eigenvalue weighted by atomic mass is 16.5. The first-order valence-corrected chi connectivity index (χ1v) is 11.8. The van der Waals surface area contributed by atoms with Gasteiger partial charge in [0.05, 0.1) is 39.6 Å². The summed E-state index contributed by atoms with van der Waals surface area (Å²) in [5, 5.41) is 11.1. The van der Waals surface area contributed by atoms with Gasteiger partial charge in [0.2, 0.25) is 0 Å². The number of rotatable bonds is 10. The van der Waals surface area contributed by atoms with E-state index in [1.54, 1.807) is 7.11 Å². The van der Waals surface area contributed by atoms with Gasteiger partial charge in [-0.2, -0.15) is 0 Å². The molecule has 4 rings (SSSR count). The van der Waals surface area contributed by atoms with Gasteiger partial charge in [-0.15, -0.1) is 0 Å². The lowest BCUT2D eigenvalue weighted by Gasteiger charge is -2.28. The molecule has 178 valence electrons. The Bertz CT molecular complexity index is 1010. The SMILES string of the molecule is COc1ccc(/C(C)=C2/CC(COCc3ccccc3)(COCc3ccccc3)C[C@@H]2O)cc1. The normalized spacial score (nSPS) is 18.6. The van der Waals surface area contributed by atoms with E-state index < -0.39 is 6.10 Å². The van der Waals surface area contributed by atoms with E-state index in [1.807, 2.05) is 60.7 Å². The topological polar surface area (TPSA) is 47.9 Å². The third kappa shape index (κ3) is 6.15. The van der Waals surface area contributed by atoms with Crippen molar-refractivity contribution in [2.45, 2.75) is 39.1 Å². The Hall–Kier alpha value is -2.92. The van der Waals surface area contributed by atoms with Gasteiger partial charge in [0.1, 0.15) is 5.75 Å². The summed E-state index contributed by atoms with van der Waals surface area (Å²) in [6.45, 7) is 4.26. The monoisotopic (exact) mass is 458 g/mol. The Morgan fingerprint density at radius 1 is 0.824 bits per heavy atom. The van der Waals surface area contributed by atoms with E-state index in [2.05, 4.69) is 31.2 Å². The molecule has 0 aromatic heterocycles. The van der Waals surface area contributed by atoms with E-state index >= 15 is 0 Å². The highest BCUT2D eigenvalue weighted by Gasteiger charge is 2.43. The number of aliphatic hydroxyl groups excluding tert-OH is 1. The van der Waals surface area contributed by atoms with Crippen LogP contribution in [0.2, 0.25) is 0 Å². The first kappa shape index (κ1) is 24.2. The van der Waals surface area contributed by atoms with Crippen LogP contribution in [0.1, 0.15) is 36.5 Å². The van der Waals surface area contributed by atoms with Crippen LogP contribution in [0.4, 0.5) is 0 Å². The minimum atomic E-state index is -0.511. The van der Waals surface area contributed by atoms with Crippen LogP contribution in [0.3, 0.4) is 0 Å². The molecule has 1 saturated carbocycles. The van der Waals surface area contributed by atoms with Gasteiger partial charge in [-0.05, 0) is 59.7 Å². The summed E-state index contributed by atoms with van der Waals surface area (Å²) in [5.41, 5.74) is 5.30. The van der Waals surface area contributed by atoms with Crippen LogP contribution < -0.4 is 4.74 Å². The second-order valence-corrected chi connectivity index (χ2v) is 9.23. The van der Waals surface area contributed by atoms with Crippen LogP contribution in [0, 0.1) is 5.41 Å². The maximum atomic E-state index is 11.1. The molecule has 1 N–H and O–H groups in total. The van der Waals surface area contributed by atoms with E-state index in [-0.39, 0.29) is 5.41 Å². The van der Waals surface area contributed by atoms with Gasteiger partial charge in [-0.3, -0.25) is 0 Å². The van der Waals surface area contributed by atoms with Crippen molar-refractivity contribution in [3.05, 3.63) is 107 Å². The number of benzene rings is 3. The summed E-state index contributed by atoms with van der Waals surface area (Å²) in [7, 11) is 1.67. The smallest absolute Gasteiger partial charge is 0.118 e. The van der Waals surface area contributed by atoms with Crippen LogP contribution in [0.5, 0.6) is 5.75 Å². The highest BCUT2D eigenvalue weighted by Crippen LogP contribution is 2.45. The summed E-state index contributed by atoms with van der Waals surface area (Å²) >= 11 is 0. The van der Waals surface area contributed by atoms with E-state index in [9.17, 15) is 5.11 Å². The number of hydrogen-bond acceptors (Lipinski definition) is 4. The minimum absolute atomic E-state index is 0.272. The molecule has 34 heavy (non-hydrogen) atoms. The number of hydrogen-bond donors (Lipinski definition) is 1. The molecule has 4 heteroatoms. The second kappa shape index (κ2) is 11.5. The Labute approximate surface area is 202 Å². The lowest BCUT2D eigenvalue weighted by molar-refractivity contribution is -0.0349. The maximum Gasteiger partial charge on any atom is 0.118 e. The van der Waals surface area contributed by atoms with Gasteiger partial charge in [-0.25, -0.2) is 0 Å². The Kier molecular flexibility index (Phi) is 8.17. The number of ether oxygens (including phenoxy) is 3. The van der Waals surface area contributed by atoms with Crippen molar-refractivity contribution in [3.8, 4) is 5.75 Å². The van der Waals surface area contributed by atoms with Crippen molar-refractivity contribution < 1.29 is 19.3 Å². The van der Waals surface area contributed by atoms with E-state index in [4.69, 9.17) is 14.2 Å². The molecule has 0 aliphatic heterocycles. The summed E-state index contributed by atoms with van der Waals surface area (Å²) in [5.74, 6) is 0.825. The van der Waals surface area contributed by atoms with Crippen LogP contribution in [-0.2, 0) is 22.7 Å². The molecule has 0 heterocycles. The molecule has 1 aliphatic carbocycles. The molecule has 0 spiro atoms. The summed E-state index contributed by atoms with van der Waals surface area (Å²) in [6.07, 6.45) is 0.859. The zero-order valence-corrected chi connectivity index (χ0v) is 20.1. The van der Waals surface area contributed by atoms with Gasteiger partial charge in [0, 0.05) is 5.41 Å². The quantitative estimate of drug-likeness (QED) is 0.402. The third-order valence-electron chi connectivity index (χ3n) is 6.64. The summed E-state index contributed by atoms with van der Waals surface area (Å²) in [6, 6.07) is 28.4. The molecule has 0 saturated heterocycles. The van der Waals surface area contributed by atoms with Crippen LogP contribution in [0.15, 0.2) is 90.5 Å². The lowest BCUT2D eigenvalue weighted by Crippen LogP contribution is -2.30. The maximum absolute atomic E-state index is 11.1. The fourth-order valence-corrected chi connectivity index (χ4v) is 4.72.